The molecule has 0 saturated carbocycles. The molecule has 0 fully saturated rings. The Morgan fingerprint density at radius 2 is 1.65 bits per heavy atom. The molecule has 2 aromatic carbocycles. The van der Waals surface area contributed by atoms with Crippen LogP contribution in [0.2, 0.25) is 0 Å². The highest BCUT2D eigenvalue weighted by Gasteiger charge is 2.23. The van der Waals surface area contributed by atoms with E-state index in [-0.39, 0.29) is 10.3 Å². The Kier molecular flexibility index (Phi) is 5.25. The van der Waals surface area contributed by atoms with Gasteiger partial charge in [-0.25, -0.2) is 8.42 Å². The third-order valence-electron chi connectivity index (χ3n) is 3.42. The molecule has 2 rings (SSSR count). The molecule has 0 amide bonds. The van der Waals surface area contributed by atoms with Gasteiger partial charge in [0.25, 0.3) is 10.0 Å². The van der Waals surface area contributed by atoms with Crippen LogP contribution in [-0.2, 0) is 15.4 Å². The van der Waals surface area contributed by atoms with E-state index < -0.39 is 10.0 Å². The molecule has 0 bridgehead atoms. The minimum Gasteiger partial charge on any atom is -0.495 e. The first kappa shape index (κ1) is 18.1. The molecular formula is C17H20INO3S. The van der Waals surface area contributed by atoms with Crippen LogP contribution in [0.1, 0.15) is 26.3 Å². The van der Waals surface area contributed by atoms with Gasteiger partial charge >= 0.3 is 0 Å². The SMILES string of the molecule is COc1ccc(C(C)(C)C)cc1S(=O)(=O)Nc1ccc(I)cc1. The average Bonchev–Trinajstić information content (AvgIpc) is 2.48. The summed E-state index contributed by atoms with van der Waals surface area (Å²) in [6, 6.07) is 12.4. The van der Waals surface area contributed by atoms with Crippen molar-refractivity contribution in [3.05, 3.63) is 51.6 Å². The molecule has 6 heteroatoms. The molecule has 0 saturated heterocycles. The van der Waals surface area contributed by atoms with Crippen molar-refractivity contribution in [3.63, 3.8) is 0 Å². The third kappa shape index (κ3) is 4.38. The van der Waals surface area contributed by atoms with Gasteiger partial charge in [0.15, 0.2) is 0 Å². The van der Waals surface area contributed by atoms with Crippen molar-refractivity contribution in [2.75, 3.05) is 11.8 Å². The Balaban J connectivity index is 2.47. The van der Waals surface area contributed by atoms with Crippen molar-refractivity contribution in [2.45, 2.75) is 31.1 Å². The quantitative estimate of drug-likeness (QED) is 0.710. The molecule has 124 valence electrons. The average molecular weight is 445 g/mol. The van der Waals surface area contributed by atoms with Gasteiger partial charge in [-0.05, 0) is 70.0 Å². The van der Waals surface area contributed by atoms with Crippen LogP contribution in [0.4, 0.5) is 5.69 Å². The van der Waals surface area contributed by atoms with Crippen molar-refractivity contribution in [2.24, 2.45) is 0 Å². The summed E-state index contributed by atoms with van der Waals surface area (Å²) in [5, 5.41) is 0. The first-order chi connectivity index (χ1) is 10.6. The van der Waals surface area contributed by atoms with E-state index in [4.69, 9.17) is 4.74 Å². The lowest BCUT2D eigenvalue weighted by molar-refractivity contribution is 0.402. The molecule has 0 heterocycles. The molecule has 0 unspecified atom stereocenters. The number of methoxy groups -OCH3 is 1. The standard InChI is InChI=1S/C17H20INO3S/c1-17(2,3)12-5-10-15(22-4)16(11-12)23(20,21)19-14-8-6-13(18)7-9-14/h5-11,19H,1-4H3. The summed E-state index contributed by atoms with van der Waals surface area (Å²) in [5.41, 5.74) is 1.30. The summed E-state index contributed by atoms with van der Waals surface area (Å²) < 4.78 is 34.4. The maximum Gasteiger partial charge on any atom is 0.265 e. The highest BCUT2D eigenvalue weighted by molar-refractivity contribution is 14.1. The van der Waals surface area contributed by atoms with Gasteiger partial charge < -0.3 is 4.74 Å². The molecule has 0 aliphatic heterocycles. The molecule has 23 heavy (non-hydrogen) atoms. The van der Waals surface area contributed by atoms with Crippen molar-refractivity contribution < 1.29 is 13.2 Å². The maximum absolute atomic E-state index is 12.8. The van der Waals surface area contributed by atoms with Crippen LogP contribution in [-0.4, -0.2) is 15.5 Å². The summed E-state index contributed by atoms with van der Waals surface area (Å²) in [7, 11) is -2.26. The zero-order chi connectivity index (χ0) is 17.3. The number of nitrogens with one attached hydrogen (secondary N) is 1. The zero-order valence-electron chi connectivity index (χ0n) is 13.6. The molecule has 0 radical (unpaired) electrons. The highest BCUT2D eigenvalue weighted by atomic mass is 127. The predicted molar refractivity (Wildman–Crippen MR) is 102 cm³/mol. The van der Waals surface area contributed by atoms with Crippen LogP contribution in [0.5, 0.6) is 5.75 Å². The molecule has 0 aromatic heterocycles. The second-order valence-electron chi connectivity index (χ2n) is 6.23. The van der Waals surface area contributed by atoms with Gasteiger partial charge in [0.1, 0.15) is 10.6 Å². The Bertz CT molecular complexity index is 794. The van der Waals surface area contributed by atoms with Gasteiger partial charge in [-0.1, -0.05) is 26.8 Å². The summed E-state index contributed by atoms with van der Waals surface area (Å²) in [6.07, 6.45) is 0. The number of rotatable bonds is 4. The molecule has 2 aromatic rings. The molecule has 0 spiro atoms. The second kappa shape index (κ2) is 6.68. The van der Waals surface area contributed by atoms with E-state index in [1.165, 1.54) is 7.11 Å². The Morgan fingerprint density at radius 1 is 1.04 bits per heavy atom. The Hall–Kier alpha value is -1.28. The van der Waals surface area contributed by atoms with Gasteiger partial charge in [-0.3, -0.25) is 4.72 Å². The number of sulfonamides is 1. The smallest absolute Gasteiger partial charge is 0.265 e. The van der Waals surface area contributed by atoms with Crippen molar-refractivity contribution in [1.29, 1.82) is 0 Å². The van der Waals surface area contributed by atoms with Crippen molar-refractivity contribution >= 4 is 38.3 Å². The van der Waals surface area contributed by atoms with Crippen LogP contribution >= 0.6 is 22.6 Å². The molecular weight excluding hydrogens is 425 g/mol. The van der Waals surface area contributed by atoms with Gasteiger partial charge in [-0.2, -0.15) is 0 Å². The molecule has 0 aliphatic rings. The summed E-state index contributed by atoms with van der Waals surface area (Å²) in [5.74, 6) is 0.330. The van der Waals surface area contributed by atoms with E-state index in [0.29, 0.717) is 11.4 Å². The van der Waals surface area contributed by atoms with Crippen LogP contribution in [0, 0.1) is 3.57 Å². The number of halogens is 1. The molecule has 4 nitrogen and oxygen atoms in total. The minimum absolute atomic E-state index is 0.144. The number of ether oxygens (including phenoxy) is 1. The van der Waals surface area contributed by atoms with E-state index in [1.54, 1.807) is 24.3 Å². The van der Waals surface area contributed by atoms with Gasteiger partial charge in [0.2, 0.25) is 0 Å². The zero-order valence-corrected chi connectivity index (χ0v) is 16.5. The summed E-state index contributed by atoms with van der Waals surface area (Å²) in [4.78, 5) is 0.144. The lowest BCUT2D eigenvalue weighted by Crippen LogP contribution is -2.17. The van der Waals surface area contributed by atoms with E-state index in [0.717, 1.165) is 9.13 Å². The van der Waals surface area contributed by atoms with Crippen molar-refractivity contribution in [1.82, 2.24) is 0 Å². The Labute approximate surface area is 151 Å². The van der Waals surface area contributed by atoms with Crippen LogP contribution < -0.4 is 9.46 Å². The fraction of sp³-hybridized carbons (Fsp3) is 0.294. The van der Waals surface area contributed by atoms with Gasteiger partial charge in [0.05, 0.1) is 7.11 Å². The van der Waals surface area contributed by atoms with Gasteiger partial charge in [-0.15, -0.1) is 0 Å². The second-order valence-corrected chi connectivity index (χ2v) is 9.12. The predicted octanol–water partition coefficient (Wildman–Crippen LogP) is 4.40. The van der Waals surface area contributed by atoms with E-state index in [2.05, 4.69) is 27.3 Å². The van der Waals surface area contributed by atoms with E-state index >= 15 is 0 Å². The van der Waals surface area contributed by atoms with Crippen LogP contribution in [0.3, 0.4) is 0 Å². The first-order valence-electron chi connectivity index (χ1n) is 7.10. The minimum atomic E-state index is -3.73. The molecule has 0 aliphatic carbocycles. The van der Waals surface area contributed by atoms with E-state index in [9.17, 15) is 8.42 Å². The van der Waals surface area contributed by atoms with Crippen LogP contribution in [0.25, 0.3) is 0 Å². The topological polar surface area (TPSA) is 55.4 Å². The number of hydrogen-bond donors (Lipinski definition) is 1. The lowest BCUT2D eigenvalue weighted by Gasteiger charge is -2.21. The number of benzene rings is 2. The fourth-order valence-electron chi connectivity index (χ4n) is 2.08. The third-order valence-corrected chi connectivity index (χ3v) is 5.54. The monoisotopic (exact) mass is 445 g/mol. The summed E-state index contributed by atoms with van der Waals surface area (Å²) in [6.45, 7) is 6.12. The number of hydrogen-bond acceptors (Lipinski definition) is 3. The molecule has 0 atom stereocenters. The largest absolute Gasteiger partial charge is 0.495 e. The normalized spacial score (nSPS) is 12.0. The fourth-order valence-corrected chi connectivity index (χ4v) is 3.70. The summed E-state index contributed by atoms with van der Waals surface area (Å²) >= 11 is 2.17. The lowest BCUT2D eigenvalue weighted by atomic mass is 9.87. The molecule has 1 N–H and O–H groups in total. The maximum atomic E-state index is 12.8. The Morgan fingerprint density at radius 3 is 2.17 bits per heavy atom. The number of anilines is 1. The van der Waals surface area contributed by atoms with Crippen LogP contribution in [0.15, 0.2) is 47.4 Å². The van der Waals surface area contributed by atoms with Crippen molar-refractivity contribution in [3.8, 4) is 5.75 Å². The first-order valence-corrected chi connectivity index (χ1v) is 9.66. The highest BCUT2D eigenvalue weighted by Crippen LogP contribution is 2.31. The van der Waals surface area contributed by atoms with E-state index in [1.807, 2.05) is 39.0 Å². The van der Waals surface area contributed by atoms with Gasteiger partial charge in [0, 0.05) is 9.26 Å².